The van der Waals surface area contributed by atoms with Crippen LogP contribution in [0.4, 0.5) is 11.5 Å². The molecule has 2 atom stereocenters. The number of carbonyl (C=O) groups excluding carboxylic acids is 1. The van der Waals surface area contributed by atoms with Crippen molar-refractivity contribution in [1.29, 1.82) is 0 Å². The third kappa shape index (κ3) is 4.74. The molecule has 1 aliphatic rings. The Morgan fingerprint density at radius 2 is 2.03 bits per heavy atom. The van der Waals surface area contributed by atoms with Crippen molar-refractivity contribution in [1.82, 2.24) is 9.55 Å². The number of nitrogens with zero attached hydrogens (tertiary/aromatic N) is 2. The molecule has 1 aromatic heterocycles. The van der Waals surface area contributed by atoms with E-state index in [1.165, 1.54) is 20.6 Å². The van der Waals surface area contributed by atoms with Gasteiger partial charge >= 0.3 is 5.69 Å². The Hall–Kier alpha value is -2.87. The number of carbonyl (C=O) groups is 1. The van der Waals surface area contributed by atoms with Crippen LogP contribution in [0, 0.1) is 0 Å². The van der Waals surface area contributed by atoms with Crippen molar-refractivity contribution in [3.63, 3.8) is 0 Å². The number of H-pyrrole nitrogens is 1. The Labute approximate surface area is 182 Å². The average Bonchev–Trinajstić information content (AvgIpc) is 2.75. The van der Waals surface area contributed by atoms with E-state index in [2.05, 4.69) is 23.2 Å². The number of nitrogen functional groups attached to an aromatic ring is 1. The highest BCUT2D eigenvalue weighted by Crippen LogP contribution is 2.27. The Balaban J connectivity index is 1.86. The molecule has 0 saturated carbocycles. The number of likely N-dealkylation sites (N-methyl/N-ethyl adjacent to an activating group) is 2. The second-order valence-electron chi connectivity index (χ2n) is 8.30. The number of amides is 1. The third-order valence-corrected chi connectivity index (χ3v) is 6.23. The first-order valence-corrected chi connectivity index (χ1v) is 11.2. The minimum absolute atomic E-state index is 0.0538. The van der Waals surface area contributed by atoms with Gasteiger partial charge in [-0.1, -0.05) is 37.6 Å². The molecule has 31 heavy (non-hydrogen) atoms. The molecule has 0 spiro atoms. The molecule has 0 aliphatic heterocycles. The summed E-state index contributed by atoms with van der Waals surface area (Å²) in [4.78, 5) is 42.9. The molecule has 1 heterocycles. The molecule has 168 valence electrons. The van der Waals surface area contributed by atoms with Crippen LogP contribution in [-0.4, -0.2) is 35.6 Å². The molecule has 8 nitrogen and oxygen atoms in total. The smallest absolute Gasteiger partial charge is 0.330 e. The van der Waals surface area contributed by atoms with E-state index < -0.39 is 11.2 Å². The maximum Gasteiger partial charge on any atom is 0.330 e. The third-order valence-electron chi connectivity index (χ3n) is 6.23. The Morgan fingerprint density at radius 1 is 1.29 bits per heavy atom. The fourth-order valence-corrected chi connectivity index (χ4v) is 4.56. The van der Waals surface area contributed by atoms with Gasteiger partial charge in [0.25, 0.3) is 11.5 Å². The zero-order valence-corrected chi connectivity index (χ0v) is 18.7. The highest BCUT2D eigenvalue weighted by molar-refractivity contribution is 5.96. The van der Waals surface area contributed by atoms with Crippen LogP contribution in [0.25, 0.3) is 0 Å². The summed E-state index contributed by atoms with van der Waals surface area (Å²) >= 11 is 0. The quantitative estimate of drug-likeness (QED) is 0.580. The first kappa shape index (κ1) is 22.8. The maximum absolute atomic E-state index is 13.3. The molecule has 0 bridgehead atoms. The number of nitrogens with two attached hydrogens (primary N) is 1. The van der Waals surface area contributed by atoms with Gasteiger partial charge in [0.15, 0.2) is 12.2 Å². The van der Waals surface area contributed by atoms with Crippen LogP contribution in [0.2, 0.25) is 0 Å². The number of hydrogen-bond acceptors (Lipinski definition) is 4. The van der Waals surface area contributed by atoms with Crippen molar-refractivity contribution in [3.8, 4) is 0 Å². The molecule has 3 rings (SSSR count). The summed E-state index contributed by atoms with van der Waals surface area (Å²) in [5.41, 5.74) is 7.78. The number of aromatic amines is 1. The van der Waals surface area contributed by atoms with Crippen LogP contribution >= 0.6 is 0 Å². The zero-order valence-electron chi connectivity index (χ0n) is 18.7. The second kappa shape index (κ2) is 9.96. The molecular weight excluding hydrogens is 394 g/mol. The number of quaternary nitrogens is 1. The van der Waals surface area contributed by atoms with Crippen molar-refractivity contribution in [2.24, 2.45) is 0 Å². The summed E-state index contributed by atoms with van der Waals surface area (Å²) in [6.45, 7) is 4.76. The van der Waals surface area contributed by atoms with Gasteiger partial charge in [-0.15, -0.1) is 0 Å². The van der Waals surface area contributed by atoms with Crippen LogP contribution in [0.3, 0.4) is 0 Å². The average molecular weight is 429 g/mol. The van der Waals surface area contributed by atoms with Crippen molar-refractivity contribution >= 4 is 17.4 Å². The van der Waals surface area contributed by atoms with E-state index >= 15 is 0 Å². The van der Waals surface area contributed by atoms with Crippen LogP contribution in [0.5, 0.6) is 0 Å². The van der Waals surface area contributed by atoms with E-state index in [9.17, 15) is 14.4 Å². The summed E-state index contributed by atoms with van der Waals surface area (Å²) in [6.07, 6.45) is 4.82. The lowest BCUT2D eigenvalue weighted by atomic mass is 9.87. The van der Waals surface area contributed by atoms with Crippen molar-refractivity contribution in [2.45, 2.75) is 58.5 Å². The van der Waals surface area contributed by atoms with Gasteiger partial charge in [-0.3, -0.25) is 24.0 Å². The highest BCUT2D eigenvalue weighted by atomic mass is 16.2. The van der Waals surface area contributed by atoms with E-state index in [4.69, 9.17) is 5.73 Å². The molecule has 1 aromatic carbocycles. The summed E-state index contributed by atoms with van der Waals surface area (Å²) in [5, 5.41) is 0. The highest BCUT2D eigenvalue weighted by Gasteiger charge is 2.31. The number of aromatic nitrogens is 2. The van der Waals surface area contributed by atoms with E-state index in [1.807, 2.05) is 27.0 Å². The van der Waals surface area contributed by atoms with Gasteiger partial charge in [0.1, 0.15) is 11.9 Å². The molecule has 0 saturated heterocycles. The first-order valence-electron chi connectivity index (χ1n) is 11.2. The molecular formula is C23H34N5O3+. The topological polar surface area (TPSA) is 106 Å². The summed E-state index contributed by atoms with van der Waals surface area (Å²) in [5.74, 6) is -0.126. The summed E-state index contributed by atoms with van der Waals surface area (Å²) < 4.78 is 1.35. The van der Waals surface area contributed by atoms with E-state index in [-0.39, 0.29) is 30.0 Å². The van der Waals surface area contributed by atoms with Gasteiger partial charge in [0, 0.05) is 25.1 Å². The number of aryl methyl sites for hydroxylation is 1. The van der Waals surface area contributed by atoms with Crippen molar-refractivity contribution < 1.29 is 9.69 Å². The Bertz CT molecular complexity index is 1040. The monoisotopic (exact) mass is 428 g/mol. The minimum Gasteiger partial charge on any atom is -0.383 e. The molecule has 1 unspecified atom stereocenters. The molecule has 2 aromatic rings. The van der Waals surface area contributed by atoms with E-state index in [0.29, 0.717) is 13.1 Å². The van der Waals surface area contributed by atoms with E-state index in [1.54, 1.807) is 0 Å². The number of benzene rings is 1. The number of rotatable bonds is 8. The van der Waals surface area contributed by atoms with Crippen LogP contribution in [0.1, 0.15) is 56.7 Å². The first-order chi connectivity index (χ1) is 14.9. The molecule has 1 aliphatic carbocycles. The second-order valence-corrected chi connectivity index (χ2v) is 8.30. The van der Waals surface area contributed by atoms with Gasteiger partial charge in [-0.05, 0) is 31.7 Å². The number of fused-ring (bicyclic) bond motifs is 1. The molecule has 1 amide bonds. The minimum atomic E-state index is -0.619. The summed E-state index contributed by atoms with van der Waals surface area (Å²) in [6, 6.07) is 8.65. The lowest BCUT2D eigenvalue weighted by Crippen LogP contribution is -3.10. The standard InChI is InChI=1S/C23H33N5O3/c1-4-6-14-28-21(24)20(22(30)25-23(28)31)27(5-2)19(29)15-26(3)18-13-9-11-16-10-7-8-12-17(16)18/h7-8,10,12,18H,4-6,9,11,13-15,24H2,1-3H3,(H,25,30,31)/p+1/t18-/m0/s1. The van der Waals surface area contributed by atoms with Crippen molar-refractivity contribution in [2.75, 3.05) is 30.8 Å². The van der Waals surface area contributed by atoms with Gasteiger partial charge < -0.3 is 10.6 Å². The number of unbranched alkanes of at least 4 members (excludes halogenated alkanes) is 1. The largest absolute Gasteiger partial charge is 0.383 e. The summed E-state index contributed by atoms with van der Waals surface area (Å²) in [7, 11) is 2.02. The lowest BCUT2D eigenvalue weighted by molar-refractivity contribution is -0.905. The van der Waals surface area contributed by atoms with E-state index in [0.717, 1.165) is 37.0 Å². The number of hydrogen-bond donors (Lipinski definition) is 3. The Morgan fingerprint density at radius 3 is 2.74 bits per heavy atom. The molecule has 8 heteroatoms. The van der Waals surface area contributed by atoms with Gasteiger partial charge in [0.05, 0.1) is 7.05 Å². The van der Waals surface area contributed by atoms with Crippen LogP contribution in [0.15, 0.2) is 33.9 Å². The van der Waals surface area contributed by atoms with Crippen LogP contribution in [-0.2, 0) is 17.8 Å². The zero-order chi connectivity index (χ0) is 22.5. The van der Waals surface area contributed by atoms with Crippen LogP contribution < -0.4 is 26.8 Å². The number of anilines is 2. The normalized spacial score (nSPS) is 16.5. The molecule has 0 radical (unpaired) electrons. The number of nitrogens with one attached hydrogen (secondary N) is 2. The predicted octanol–water partition coefficient (Wildman–Crippen LogP) is 0.864. The van der Waals surface area contributed by atoms with Crippen molar-refractivity contribution in [3.05, 3.63) is 56.2 Å². The predicted molar refractivity (Wildman–Crippen MR) is 123 cm³/mol. The SMILES string of the molecule is CCCCn1c(N)c(N(CC)C(=O)C[NH+](C)[C@H]2CCCc3ccccc32)c(=O)[nH]c1=O. The van der Waals surface area contributed by atoms with Gasteiger partial charge in [0.2, 0.25) is 0 Å². The molecule has 4 N–H and O–H groups in total. The van der Waals surface area contributed by atoms with Gasteiger partial charge in [-0.2, -0.15) is 0 Å². The maximum atomic E-state index is 13.3. The molecule has 0 fully saturated rings. The Kier molecular flexibility index (Phi) is 7.33. The fraction of sp³-hybridized carbons (Fsp3) is 0.522. The lowest BCUT2D eigenvalue weighted by Gasteiger charge is -2.31. The fourth-order valence-electron chi connectivity index (χ4n) is 4.56. The van der Waals surface area contributed by atoms with Gasteiger partial charge in [-0.25, -0.2) is 4.79 Å².